The van der Waals surface area contributed by atoms with Gasteiger partial charge in [-0.3, -0.25) is 4.79 Å². The molecule has 4 heteroatoms. The number of ketones is 1. The summed E-state index contributed by atoms with van der Waals surface area (Å²) < 4.78 is 0. The normalized spacial score (nSPS) is 24.9. The maximum atomic E-state index is 12.1. The number of nitrogens with zero attached hydrogens (tertiary/aromatic N) is 1. The van der Waals surface area contributed by atoms with E-state index in [2.05, 4.69) is 11.9 Å². The van der Waals surface area contributed by atoms with Gasteiger partial charge < -0.3 is 5.73 Å². The van der Waals surface area contributed by atoms with Crippen molar-refractivity contribution in [2.45, 2.75) is 52.0 Å². The summed E-state index contributed by atoms with van der Waals surface area (Å²) in [4.78, 5) is 17.8. The molecule has 0 spiro atoms. The molecular formula is C13H20N2OS. The second-order valence-electron chi connectivity index (χ2n) is 5.02. The van der Waals surface area contributed by atoms with E-state index in [0.717, 1.165) is 36.4 Å². The molecule has 0 bridgehead atoms. The van der Waals surface area contributed by atoms with Gasteiger partial charge in [0.15, 0.2) is 0 Å². The molecule has 2 N–H and O–H groups in total. The van der Waals surface area contributed by atoms with Crippen molar-refractivity contribution in [1.82, 2.24) is 4.98 Å². The highest BCUT2D eigenvalue weighted by atomic mass is 32.1. The Bertz CT molecular complexity index is 394. The summed E-state index contributed by atoms with van der Waals surface area (Å²) in [7, 11) is 0. The predicted octanol–water partition coefficient (Wildman–Crippen LogP) is 2.39. The van der Waals surface area contributed by atoms with E-state index in [4.69, 9.17) is 5.73 Å². The lowest BCUT2D eigenvalue weighted by Gasteiger charge is -2.25. The lowest BCUT2D eigenvalue weighted by molar-refractivity contribution is -0.123. The zero-order chi connectivity index (χ0) is 12.4. The third-order valence-electron chi connectivity index (χ3n) is 3.57. The fraction of sp³-hybridized carbons (Fsp3) is 0.692. The van der Waals surface area contributed by atoms with Crippen LogP contribution in [0, 0.1) is 19.8 Å². The Balaban J connectivity index is 1.96. The first-order valence-corrected chi connectivity index (χ1v) is 7.09. The van der Waals surface area contributed by atoms with Crippen LogP contribution in [0.15, 0.2) is 0 Å². The third kappa shape index (κ3) is 3.13. The summed E-state index contributed by atoms with van der Waals surface area (Å²) in [5.74, 6) is 0.497. The van der Waals surface area contributed by atoms with Crippen LogP contribution in [0.5, 0.6) is 0 Å². The van der Waals surface area contributed by atoms with Crippen molar-refractivity contribution in [3.8, 4) is 0 Å². The van der Waals surface area contributed by atoms with Gasteiger partial charge in [0.05, 0.1) is 12.1 Å². The molecule has 0 amide bonds. The highest BCUT2D eigenvalue weighted by molar-refractivity contribution is 7.11. The van der Waals surface area contributed by atoms with Crippen molar-refractivity contribution in [2.75, 3.05) is 0 Å². The van der Waals surface area contributed by atoms with Crippen molar-refractivity contribution >= 4 is 17.1 Å². The number of hydrogen-bond acceptors (Lipinski definition) is 4. The van der Waals surface area contributed by atoms with Gasteiger partial charge in [0, 0.05) is 16.8 Å². The number of nitrogens with two attached hydrogens (primary N) is 1. The Morgan fingerprint density at radius 1 is 1.47 bits per heavy atom. The number of Topliss-reactive ketones (excluding diaryl/α,β-unsaturated/α-hetero) is 1. The van der Waals surface area contributed by atoms with Crippen molar-refractivity contribution in [2.24, 2.45) is 11.7 Å². The average Bonchev–Trinajstić information content (AvgIpc) is 2.58. The number of rotatable bonds is 3. The van der Waals surface area contributed by atoms with E-state index in [1.807, 2.05) is 6.92 Å². The Hall–Kier alpha value is -0.740. The van der Waals surface area contributed by atoms with E-state index < -0.39 is 0 Å². The van der Waals surface area contributed by atoms with E-state index in [1.54, 1.807) is 11.3 Å². The summed E-state index contributed by atoms with van der Waals surface area (Å²) in [6.07, 6.45) is 4.53. The zero-order valence-corrected chi connectivity index (χ0v) is 11.3. The minimum Gasteiger partial charge on any atom is -0.328 e. The monoisotopic (exact) mass is 252 g/mol. The minimum absolute atomic E-state index is 0.170. The van der Waals surface area contributed by atoms with Crippen LogP contribution in [0.3, 0.4) is 0 Å². The van der Waals surface area contributed by atoms with Gasteiger partial charge in [0.1, 0.15) is 10.8 Å². The van der Waals surface area contributed by atoms with E-state index in [-0.39, 0.29) is 12.0 Å². The number of carbonyl (C=O) groups is 1. The number of carbonyl (C=O) groups excluding carboxylic acids is 1. The van der Waals surface area contributed by atoms with Crippen molar-refractivity contribution in [3.63, 3.8) is 0 Å². The maximum absolute atomic E-state index is 12.1. The van der Waals surface area contributed by atoms with Gasteiger partial charge in [0.25, 0.3) is 0 Å². The van der Waals surface area contributed by atoms with Gasteiger partial charge in [-0.1, -0.05) is 6.42 Å². The molecule has 2 unspecified atom stereocenters. The second-order valence-corrected chi connectivity index (χ2v) is 6.30. The van der Waals surface area contributed by atoms with Crippen LogP contribution in [0.1, 0.15) is 41.3 Å². The molecule has 17 heavy (non-hydrogen) atoms. The molecule has 1 aliphatic rings. The Kier molecular flexibility index (Phi) is 3.94. The van der Waals surface area contributed by atoms with Gasteiger partial charge in [-0.25, -0.2) is 4.98 Å². The summed E-state index contributed by atoms with van der Waals surface area (Å²) >= 11 is 1.64. The summed E-state index contributed by atoms with van der Waals surface area (Å²) in [5, 5.41) is 0.962. The van der Waals surface area contributed by atoms with Crippen molar-refractivity contribution in [3.05, 3.63) is 15.6 Å². The van der Waals surface area contributed by atoms with E-state index in [1.165, 1.54) is 4.88 Å². The summed E-state index contributed by atoms with van der Waals surface area (Å²) in [6.45, 7) is 4.05. The number of aromatic nitrogens is 1. The van der Waals surface area contributed by atoms with E-state index in [9.17, 15) is 4.79 Å². The van der Waals surface area contributed by atoms with E-state index >= 15 is 0 Å². The highest BCUT2D eigenvalue weighted by Gasteiger charge is 2.25. The molecule has 0 aliphatic heterocycles. The molecule has 1 fully saturated rings. The molecule has 0 radical (unpaired) electrons. The summed E-state index contributed by atoms with van der Waals surface area (Å²) in [6, 6.07) is 0.220. The van der Waals surface area contributed by atoms with Gasteiger partial charge in [-0.2, -0.15) is 0 Å². The van der Waals surface area contributed by atoms with Crippen LogP contribution >= 0.6 is 11.3 Å². The average molecular weight is 252 g/mol. The molecule has 2 rings (SSSR count). The predicted molar refractivity (Wildman–Crippen MR) is 70.2 cm³/mol. The van der Waals surface area contributed by atoms with Crippen LogP contribution in [0.25, 0.3) is 0 Å². The topological polar surface area (TPSA) is 56.0 Å². The molecule has 1 aromatic heterocycles. The molecule has 0 saturated heterocycles. The van der Waals surface area contributed by atoms with Crippen LogP contribution < -0.4 is 5.73 Å². The van der Waals surface area contributed by atoms with E-state index in [0.29, 0.717) is 12.2 Å². The molecule has 94 valence electrons. The second kappa shape index (κ2) is 5.27. The lowest BCUT2D eigenvalue weighted by atomic mass is 9.83. The molecule has 1 aliphatic carbocycles. The number of thiazole rings is 1. The standard InChI is InChI=1S/C13H20N2OS/c1-8-9(2)17-13(15-8)7-12(16)10-4-3-5-11(14)6-10/h10-11H,3-7,14H2,1-2H3. The Morgan fingerprint density at radius 3 is 2.82 bits per heavy atom. The summed E-state index contributed by atoms with van der Waals surface area (Å²) in [5.41, 5.74) is 6.97. The zero-order valence-electron chi connectivity index (χ0n) is 10.5. The first kappa shape index (κ1) is 12.7. The molecule has 1 aromatic rings. The van der Waals surface area contributed by atoms with Crippen LogP contribution in [-0.4, -0.2) is 16.8 Å². The fourth-order valence-corrected chi connectivity index (χ4v) is 3.37. The molecule has 1 heterocycles. The largest absolute Gasteiger partial charge is 0.328 e. The van der Waals surface area contributed by atoms with Crippen LogP contribution in [0.4, 0.5) is 0 Å². The van der Waals surface area contributed by atoms with Gasteiger partial charge in [-0.05, 0) is 33.1 Å². The van der Waals surface area contributed by atoms with Gasteiger partial charge >= 0.3 is 0 Å². The first-order valence-electron chi connectivity index (χ1n) is 6.27. The number of aryl methyl sites for hydroxylation is 2. The fourth-order valence-electron chi connectivity index (χ4n) is 2.43. The molecule has 1 saturated carbocycles. The first-order chi connectivity index (χ1) is 8.06. The Labute approximate surface area is 106 Å². The van der Waals surface area contributed by atoms with Crippen LogP contribution in [-0.2, 0) is 11.2 Å². The van der Waals surface area contributed by atoms with Crippen LogP contribution in [0.2, 0.25) is 0 Å². The highest BCUT2D eigenvalue weighted by Crippen LogP contribution is 2.26. The van der Waals surface area contributed by atoms with Gasteiger partial charge in [-0.15, -0.1) is 11.3 Å². The SMILES string of the molecule is Cc1nc(CC(=O)C2CCCC(N)C2)sc1C. The third-order valence-corrected chi connectivity index (χ3v) is 4.64. The molecule has 0 aromatic carbocycles. The quantitative estimate of drug-likeness (QED) is 0.898. The van der Waals surface area contributed by atoms with Crippen molar-refractivity contribution < 1.29 is 4.79 Å². The smallest absolute Gasteiger partial charge is 0.142 e. The van der Waals surface area contributed by atoms with Crippen molar-refractivity contribution in [1.29, 1.82) is 0 Å². The Morgan fingerprint density at radius 2 is 2.24 bits per heavy atom. The molecule has 3 nitrogen and oxygen atoms in total. The lowest BCUT2D eigenvalue weighted by Crippen LogP contribution is -2.32. The maximum Gasteiger partial charge on any atom is 0.142 e. The minimum atomic E-state index is 0.170. The molecule has 2 atom stereocenters. The van der Waals surface area contributed by atoms with Gasteiger partial charge in [0.2, 0.25) is 0 Å². The molecular weight excluding hydrogens is 232 g/mol. The number of hydrogen-bond donors (Lipinski definition) is 1.